The molecule has 26 heteroatoms. The van der Waals surface area contributed by atoms with Crippen LogP contribution in [-0.4, -0.2) is 157 Å². The van der Waals surface area contributed by atoms with Crippen LogP contribution in [0.5, 0.6) is 0 Å². The van der Waals surface area contributed by atoms with Gasteiger partial charge in [-0.25, -0.2) is 9.59 Å². The van der Waals surface area contributed by atoms with Gasteiger partial charge in [0.25, 0.3) is 0 Å². The van der Waals surface area contributed by atoms with Crippen molar-refractivity contribution in [3.8, 4) is 0 Å². The minimum Gasteiger partial charge on any atom is -0.481 e. The van der Waals surface area contributed by atoms with E-state index >= 15 is 0 Å². The zero-order valence-electron chi connectivity index (χ0n) is 34.4. The summed E-state index contributed by atoms with van der Waals surface area (Å²) >= 11 is 2.88. The van der Waals surface area contributed by atoms with Crippen LogP contribution in [0.1, 0.15) is 77.0 Å². The minimum atomic E-state index is -0.795. The van der Waals surface area contributed by atoms with Crippen molar-refractivity contribution in [3.05, 3.63) is 115 Å². The second kappa shape index (κ2) is 32.1. The average Bonchev–Trinajstić information content (AvgIpc) is 3.78. The minimum absolute atomic E-state index is 0.144. The average molecular weight is 807 g/mol. The van der Waals surface area contributed by atoms with Crippen LogP contribution in [0.15, 0.2) is 72.8 Å². The number of esters is 2. The number of ether oxygens (including phenoxy) is 2. The van der Waals surface area contributed by atoms with E-state index in [-0.39, 0.29) is 38.0 Å². The third-order valence-corrected chi connectivity index (χ3v) is 10.6. The SMILES string of the molecule is Cc1cc(C(=O)OCc2ccccc2)sc1CCCC(=O)O.Cc1cc(C(=O)OCc2ccccc2)sc1CCCCO.[B]B([B])[B]B([B])B([B])[B].[B][B]B([B])[B]B([B])[B]. The number of carbonyl (C=O) groups is 3. The number of carbonyl (C=O) groups excluding carboxylic acids is 2. The Morgan fingerprint density at radius 2 is 1.10 bits per heavy atom. The molecule has 0 aliphatic rings. The molecule has 2 N–H and O–H groups in total. The van der Waals surface area contributed by atoms with E-state index in [1.54, 1.807) is 7.06 Å². The molecule has 2 aromatic heterocycles. The van der Waals surface area contributed by atoms with Gasteiger partial charge in [0.05, 0.1) is 0 Å². The first-order valence-corrected chi connectivity index (χ1v) is 20.8. The first-order valence-electron chi connectivity index (χ1n) is 19.2. The van der Waals surface area contributed by atoms with Crippen molar-refractivity contribution < 1.29 is 34.1 Å². The number of hydrogen-bond acceptors (Lipinski definition) is 8. The fourth-order valence-electron chi connectivity index (χ4n) is 4.83. The molecule has 0 spiro atoms. The molecule has 0 atom stereocenters. The Bertz CT molecular complexity index is 1790. The highest BCUT2D eigenvalue weighted by molar-refractivity contribution is 7.88. The maximum absolute atomic E-state index is 12.1. The van der Waals surface area contributed by atoms with Gasteiger partial charge in [0, 0.05) is 146 Å². The lowest BCUT2D eigenvalue weighted by Gasteiger charge is -2.12. The number of carboxylic acids is 1. The predicted octanol–water partition coefficient (Wildman–Crippen LogP) is 1.08. The van der Waals surface area contributed by atoms with E-state index in [1.807, 2.05) is 86.6 Å². The molecule has 60 heavy (non-hydrogen) atoms. The second-order valence-corrected chi connectivity index (χ2v) is 15.7. The lowest BCUT2D eigenvalue weighted by Crippen LogP contribution is -2.50. The number of hydrogen-bond donors (Lipinski definition) is 2. The maximum Gasteiger partial charge on any atom is 0.348 e. The summed E-state index contributed by atoms with van der Waals surface area (Å²) in [6.07, 6.45) is 1.71. The Kier molecular flexibility index (Phi) is 29.6. The molecule has 0 amide bonds. The van der Waals surface area contributed by atoms with Gasteiger partial charge >= 0.3 is 17.9 Å². The van der Waals surface area contributed by atoms with Crippen LogP contribution in [0.3, 0.4) is 0 Å². The molecule has 4 aromatic rings. The molecule has 0 saturated carbocycles. The topological polar surface area (TPSA) is 110 Å². The summed E-state index contributed by atoms with van der Waals surface area (Å²) in [5.41, 5.74) is 4.08. The van der Waals surface area contributed by atoms with Gasteiger partial charge in [-0.1, -0.05) is 60.7 Å². The van der Waals surface area contributed by atoms with E-state index in [2.05, 4.69) is 0 Å². The molecule has 0 unspecified atom stereocenters. The van der Waals surface area contributed by atoms with Crippen molar-refractivity contribution in [1.29, 1.82) is 0 Å². The number of carboxylic acid groups (broad SMARTS) is 1. The molecular weight excluding hydrogens is 768 g/mol. The molecule has 0 aliphatic carbocycles. The fraction of sp³-hybridized carbons (Fsp3) is 0.324. The standard InChI is InChI=1S/C17H18O4S.C17H20O3S.B9.B8/c1-12-10-15(22-14(12)8-5-9-16(18)19)17(20)21-11-13-6-3-2-4-7-13;1-13-11-16(21-15(13)9-5-6-10-18)17(19)20-12-14-7-3-2-4-8-14;1-7(2)6-9(5)8(3)4;1-5-8(4)6-7(2)3/h2-4,6-7,10H,5,8-9,11H2,1H3,(H,18,19);2-4,7-8,11,18H,5-6,9-10,12H2,1H3;;. The largest absolute Gasteiger partial charge is 0.481 e. The van der Waals surface area contributed by atoms with Gasteiger partial charge in [-0.15, -0.1) is 22.7 Å². The third-order valence-electron chi connectivity index (χ3n) is 8.03. The molecular formula is C34H38B17O7S2. The Morgan fingerprint density at radius 1 is 0.667 bits per heavy atom. The Morgan fingerprint density at radius 3 is 1.43 bits per heavy atom. The highest BCUT2D eigenvalue weighted by Gasteiger charge is 2.16. The Labute approximate surface area is 381 Å². The summed E-state index contributed by atoms with van der Waals surface area (Å²) in [4.78, 5) is 38.1. The van der Waals surface area contributed by atoms with Gasteiger partial charge in [-0.2, -0.15) is 0 Å². The Balaban J connectivity index is 0.000000438. The van der Waals surface area contributed by atoms with Crippen LogP contribution < -0.4 is 0 Å². The van der Waals surface area contributed by atoms with Crippen LogP contribution in [0.25, 0.3) is 0 Å². The van der Waals surface area contributed by atoms with Crippen LogP contribution in [-0.2, 0) is 40.3 Å². The predicted molar refractivity (Wildman–Crippen MR) is 268 cm³/mol. The third kappa shape index (κ3) is 25.3. The molecule has 0 bridgehead atoms. The lowest BCUT2D eigenvalue weighted by atomic mass is 8.70. The summed E-state index contributed by atoms with van der Waals surface area (Å²) in [5.74, 6) is -1.39. The van der Waals surface area contributed by atoms with Gasteiger partial charge in [0.15, 0.2) is 0 Å². The van der Waals surface area contributed by atoms with Gasteiger partial charge in [0.1, 0.15) is 23.0 Å². The van der Waals surface area contributed by atoms with Crippen molar-refractivity contribution in [1.82, 2.24) is 0 Å². The number of unbranched alkanes of at least 4 members (excludes halogenated alkanes) is 1. The summed E-state index contributed by atoms with van der Waals surface area (Å²) < 4.78 is 10.6. The monoisotopic (exact) mass is 809 g/mol. The highest BCUT2D eigenvalue weighted by atomic mass is 32.1. The smallest absolute Gasteiger partial charge is 0.348 e. The van der Waals surface area contributed by atoms with E-state index in [0.29, 0.717) is 29.2 Å². The zero-order chi connectivity index (χ0) is 45.0. The number of benzene rings is 2. The number of aliphatic carboxylic acids is 1. The van der Waals surface area contributed by atoms with Crippen molar-refractivity contribution >= 4 is 163 Å². The quantitative estimate of drug-likeness (QED) is 0.0783. The van der Waals surface area contributed by atoms with Crippen LogP contribution >= 0.6 is 22.7 Å². The first-order chi connectivity index (χ1) is 28.5. The van der Waals surface area contributed by atoms with Crippen molar-refractivity contribution in [2.24, 2.45) is 0 Å². The van der Waals surface area contributed by atoms with Crippen LogP contribution in [0.2, 0.25) is 0 Å². The number of aliphatic hydroxyl groups is 1. The van der Waals surface area contributed by atoms with Crippen LogP contribution in [0.4, 0.5) is 0 Å². The molecule has 0 saturated heterocycles. The van der Waals surface area contributed by atoms with Gasteiger partial charge in [-0.05, 0) is 80.3 Å². The van der Waals surface area contributed by atoms with E-state index in [9.17, 15) is 14.4 Å². The zero-order valence-corrected chi connectivity index (χ0v) is 36.0. The molecule has 0 aliphatic heterocycles. The van der Waals surface area contributed by atoms with Crippen molar-refractivity contribution in [2.45, 2.75) is 65.6 Å². The highest BCUT2D eigenvalue weighted by Crippen LogP contribution is 2.26. The van der Waals surface area contributed by atoms with E-state index in [4.69, 9.17) is 89.3 Å². The molecule has 279 valence electrons. The summed E-state index contributed by atoms with van der Waals surface area (Å²) in [6.45, 7) is 4.72. The molecule has 4 rings (SSSR count). The van der Waals surface area contributed by atoms with Gasteiger partial charge in [0.2, 0.25) is 0 Å². The number of thiophene rings is 2. The van der Waals surface area contributed by atoms with Gasteiger partial charge in [-0.3, -0.25) is 4.79 Å². The summed E-state index contributed by atoms with van der Waals surface area (Å²) in [7, 11) is 51.0. The van der Waals surface area contributed by atoms with E-state index in [0.717, 1.165) is 46.4 Å². The number of aliphatic hydroxyl groups excluding tert-OH is 1. The first kappa shape index (κ1) is 55.3. The summed E-state index contributed by atoms with van der Waals surface area (Å²) in [5, 5.41) is 17.5. The van der Waals surface area contributed by atoms with Crippen molar-refractivity contribution in [3.63, 3.8) is 0 Å². The molecule has 7 nitrogen and oxygen atoms in total. The lowest BCUT2D eigenvalue weighted by molar-refractivity contribution is -0.137. The van der Waals surface area contributed by atoms with Gasteiger partial charge < -0.3 is 19.7 Å². The van der Waals surface area contributed by atoms with E-state index < -0.39 is 31.5 Å². The second-order valence-electron chi connectivity index (χ2n) is 13.4. The Hall–Kier alpha value is -2.69. The fourth-order valence-corrected chi connectivity index (χ4v) is 7.05. The normalized spacial score (nSPS) is 9.72. The molecule has 21 radical (unpaired) electrons. The number of rotatable bonds is 20. The molecule has 2 aromatic carbocycles. The summed E-state index contributed by atoms with van der Waals surface area (Å²) in [6, 6.07) is 22.9. The molecule has 2 heterocycles. The van der Waals surface area contributed by atoms with Crippen molar-refractivity contribution in [2.75, 3.05) is 6.61 Å². The maximum atomic E-state index is 12.1. The van der Waals surface area contributed by atoms with Crippen LogP contribution in [0, 0.1) is 13.8 Å². The number of aryl methyl sites for hydroxylation is 4. The van der Waals surface area contributed by atoms with E-state index in [1.165, 1.54) is 41.7 Å². The molecule has 0 fully saturated rings.